The van der Waals surface area contributed by atoms with Crippen LogP contribution in [0.2, 0.25) is 0 Å². The summed E-state index contributed by atoms with van der Waals surface area (Å²) in [6.07, 6.45) is 3.24. The van der Waals surface area contributed by atoms with Crippen LogP contribution in [0.15, 0.2) is 46.3 Å². The number of benzene rings is 1. The summed E-state index contributed by atoms with van der Waals surface area (Å²) in [5, 5.41) is 9.62. The summed E-state index contributed by atoms with van der Waals surface area (Å²) < 4.78 is 8.21. The summed E-state index contributed by atoms with van der Waals surface area (Å²) in [5.41, 5.74) is 2.53. The molecule has 0 atom stereocenters. The van der Waals surface area contributed by atoms with Gasteiger partial charge in [0.05, 0.1) is 11.5 Å². The molecule has 1 aliphatic rings. The van der Waals surface area contributed by atoms with Gasteiger partial charge in [0.2, 0.25) is 0 Å². The van der Waals surface area contributed by atoms with Crippen LogP contribution in [0.5, 0.6) is 0 Å². The monoisotopic (exact) mass is 274 g/mol. The van der Waals surface area contributed by atoms with Crippen molar-refractivity contribution in [2.24, 2.45) is 0 Å². The molecule has 3 N–H and O–H groups in total. The predicted molar refractivity (Wildman–Crippen MR) is 75.4 cm³/mol. The second-order valence-electron chi connectivity index (χ2n) is 4.15. The van der Waals surface area contributed by atoms with Gasteiger partial charge in [-0.15, -0.1) is 0 Å². The highest BCUT2D eigenvalue weighted by atomic mass is 32.2. The predicted octanol–water partition coefficient (Wildman–Crippen LogP) is 0.712. The van der Waals surface area contributed by atoms with Gasteiger partial charge in [-0.3, -0.25) is 4.79 Å². The first-order chi connectivity index (χ1) is 9.24. The van der Waals surface area contributed by atoms with Crippen LogP contribution in [-0.4, -0.2) is 17.1 Å². The molecule has 1 aliphatic heterocycles. The lowest BCUT2D eigenvalue weighted by Gasteiger charge is -2.06. The number of H-pyrrole nitrogens is 1. The molecular weight excluding hydrogens is 263 g/mol. The Bertz CT molecular complexity index is 661. The molecule has 0 amide bonds. The molecule has 0 aliphatic carbocycles. The molecule has 5 nitrogen and oxygen atoms in total. The van der Waals surface area contributed by atoms with E-state index in [1.807, 2.05) is 18.2 Å². The number of rotatable bonds is 3. The smallest absolute Gasteiger partial charge is 0.423 e. The molecule has 7 heteroatoms. The van der Waals surface area contributed by atoms with Gasteiger partial charge in [0.1, 0.15) is 0 Å². The Hall–Kier alpha value is -1.70. The van der Waals surface area contributed by atoms with Crippen molar-refractivity contribution in [3.05, 3.63) is 52.4 Å². The topological polar surface area (TPSA) is 74.4 Å². The van der Waals surface area contributed by atoms with Crippen molar-refractivity contribution in [3.8, 4) is 0 Å². The van der Waals surface area contributed by atoms with Crippen LogP contribution in [-0.2, 0) is 11.3 Å². The fourth-order valence-electron chi connectivity index (χ4n) is 1.87. The van der Waals surface area contributed by atoms with E-state index in [2.05, 4.69) is 9.71 Å². The van der Waals surface area contributed by atoms with Crippen LogP contribution in [0.25, 0.3) is 0 Å². The molecule has 0 unspecified atom stereocenters. The zero-order chi connectivity index (χ0) is 13.2. The number of hydrogen-bond acceptors (Lipinski definition) is 5. The summed E-state index contributed by atoms with van der Waals surface area (Å²) in [6.45, 7) is 0.433. The van der Waals surface area contributed by atoms with Gasteiger partial charge in [0.15, 0.2) is 5.43 Å². The van der Waals surface area contributed by atoms with E-state index in [0.717, 1.165) is 16.7 Å². The van der Waals surface area contributed by atoms with E-state index in [1.54, 1.807) is 12.4 Å². The third-order valence-electron chi connectivity index (χ3n) is 2.88. The van der Waals surface area contributed by atoms with Gasteiger partial charge in [0, 0.05) is 24.1 Å². The molecule has 1 aromatic heterocycles. The van der Waals surface area contributed by atoms with E-state index >= 15 is 0 Å². The van der Waals surface area contributed by atoms with E-state index < -0.39 is 7.12 Å². The lowest BCUT2D eigenvalue weighted by Crippen LogP contribution is -2.28. The van der Waals surface area contributed by atoms with Crippen molar-refractivity contribution in [1.82, 2.24) is 4.98 Å². The van der Waals surface area contributed by atoms with Gasteiger partial charge in [0.25, 0.3) is 0 Å². The zero-order valence-corrected chi connectivity index (χ0v) is 10.7. The standard InChI is InChI=1S/C12H11BN2O3S/c16-11-3-4-14-6-12(11)19-15-9-2-1-8-7-18-13(17)10(8)5-9/h1-6,15,17H,7H2,(H,14,16). The second kappa shape index (κ2) is 5.12. The van der Waals surface area contributed by atoms with Gasteiger partial charge in [-0.2, -0.15) is 0 Å². The molecule has 0 saturated heterocycles. The summed E-state index contributed by atoms with van der Waals surface area (Å²) in [7, 11) is -0.859. The minimum Gasteiger partial charge on any atom is -0.423 e. The Morgan fingerprint density at radius 2 is 2.32 bits per heavy atom. The third-order valence-corrected chi connectivity index (χ3v) is 3.75. The third kappa shape index (κ3) is 2.53. The van der Waals surface area contributed by atoms with Crippen molar-refractivity contribution in [2.75, 3.05) is 4.72 Å². The van der Waals surface area contributed by atoms with Crippen LogP contribution in [0.3, 0.4) is 0 Å². The minimum absolute atomic E-state index is 0.0409. The van der Waals surface area contributed by atoms with Crippen LogP contribution in [0.1, 0.15) is 5.56 Å². The average Bonchev–Trinajstić information content (AvgIpc) is 2.79. The highest BCUT2D eigenvalue weighted by Gasteiger charge is 2.27. The van der Waals surface area contributed by atoms with Crippen molar-refractivity contribution >= 4 is 30.2 Å². The van der Waals surface area contributed by atoms with Gasteiger partial charge < -0.3 is 19.4 Å². The fraction of sp³-hybridized carbons (Fsp3) is 0.0833. The van der Waals surface area contributed by atoms with Crippen LogP contribution >= 0.6 is 11.9 Å². The first kappa shape index (κ1) is 12.3. The number of pyridine rings is 1. The lowest BCUT2D eigenvalue weighted by atomic mass is 9.79. The normalized spacial score (nSPS) is 13.4. The number of fused-ring (bicyclic) bond motifs is 1. The molecule has 0 radical (unpaired) electrons. The van der Waals surface area contributed by atoms with Gasteiger partial charge >= 0.3 is 7.12 Å². The molecule has 3 rings (SSSR count). The molecule has 0 fully saturated rings. The number of anilines is 1. The Balaban J connectivity index is 1.76. The maximum atomic E-state index is 11.5. The Morgan fingerprint density at radius 3 is 3.16 bits per heavy atom. The molecule has 19 heavy (non-hydrogen) atoms. The maximum absolute atomic E-state index is 11.5. The highest BCUT2D eigenvalue weighted by molar-refractivity contribution is 8.00. The van der Waals surface area contributed by atoms with E-state index in [-0.39, 0.29) is 5.43 Å². The largest absolute Gasteiger partial charge is 0.491 e. The van der Waals surface area contributed by atoms with E-state index in [0.29, 0.717) is 11.5 Å². The number of aromatic amines is 1. The SMILES string of the molecule is O=c1cc[nH]cc1SNc1ccc2c(c1)B(O)OC2. The molecule has 1 aromatic carbocycles. The first-order valence-corrected chi connectivity index (χ1v) is 6.58. The van der Waals surface area contributed by atoms with Crippen LogP contribution in [0, 0.1) is 0 Å². The van der Waals surface area contributed by atoms with Crippen molar-refractivity contribution in [3.63, 3.8) is 0 Å². The highest BCUT2D eigenvalue weighted by Crippen LogP contribution is 2.19. The fourth-order valence-corrected chi connectivity index (χ4v) is 2.52. The van der Waals surface area contributed by atoms with Crippen molar-refractivity contribution < 1.29 is 9.68 Å². The van der Waals surface area contributed by atoms with Crippen LogP contribution in [0.4, 0.5) is 5.69 Å². The van der Waals surface area contributed by atoms with E-state index in [9.17, 15) is 9.82 Å². The summed E-state index contributed by atoms with van der Waals surface area (Å²) in [5.74, 6) is 0. The molecule has 0 bridgehead atoms. The van der Waals surface area contributed by atoms with Crippen molar-refractivity contribution in [2.45, 2.75) is 11.5 Å². The number of nitrogens with one attached hydrogen (secondary N) is 2. The first-order valence-electron chi connectivity index (χ1n) is 5.76. The zero-order valence-electron chi connectivity index (χ0n) is 9.92. The molecule has 2 aromatic rings. The Kier molecular flexibility index (Phi) is 3.33. The quantitative estimate of drug-likeness (QED) is 0.568. The Morgan fingerprint density at radius 1 is 1.42 bits per heavy atom. The lowest BCUT2D eigenvalue weighted by molar-refractivity contribution is 0.275. The summed E-state index contributed by atoms with van der Waals surface area (Å²) in [4.78, 5) is 15.0. The van der Waals surface area contributed by atoms with Gasteiger partial charge in [-0.05, 0) is 35.1 Å². The average molecular weight is 274 g/mol. The molecular formula is C12H11BN2O3S. The Labute approximate surface area is 114 Å². The minimum atomic E-state index is -0.859. The number of hydrogen-bond donors (Lipinski definition) is 3. The van der Waals surface area contributed by atoms with E-state index in [4.69, 9.17) is 4.65 Å². The summed E-state index contributed by atoms with van der Waals surface area (Å²) >= 11 is 1.23. The van der Waals surface area contributed by atoms with Crippen molar-refractivity contribution in [1.29, 1.82) is 0 Å². The van der Waals surface area contributed by atoms with Gasteiger partial charge in [-0.1, -0.05) is 6.07 Å². The maximum Gasteiger partial charge on any atom is 0.491 e. The van der Waals surface area contributed by atoms with Crippen LogP contribution < -0.4 is 15.6 Å². The number of aromatic nitrogens is 1. The molecule has 0 saturated carbocycles. The molecule has 0 spiro atoms. The van der Waals surface area contributed by atoms with Gasteiger partial charge in [-0.25, -0.2) is 0 Å². The molecule has 2 heterocycles. The molecule has 96 valence electrons. The summed E-state index contributed by atoms with van der Waals surface area (Å²) in [6, 6.07) is 7.11. The second-order valence-corrected chi connectivity index (χ2v) is 5.00. The van der Waals surface area contributed by atoms with E-state index in [1.165, 1.54) is 18.0 Å².